The Bertz CT molecular complexity index is 708. The number of anilines is 1. The van der Waals surface area contributed by atoms with Crippen molar-refractivity contribution < 1.29 is 4.79 Å². The summed E-state index contributed by atoms with van der Waals surface area (Å²) in [5.41, 5.74) is 1.97. The summed E-state index contributed by atoms with van der Waals surface area (Å²) in [5, 5.41) is 6.11. The topological polar surface area (TPSA) is 33.2 Å². The number of nitrogens with zero attached hydrogens (tertiary/aromatic N) is 2. The van der Waals surface area contributed by atoms with Crippen LogP contribution in [0.5, 0.6) is 0 Å². The minimum atomic E-state index is -0.154. The van der Waals surface area contributed by atoms with Gasteiger partial charge in [0.05, 0.1) is 24.3 Å². The Balaban J connectivity index is 1.89. The fourth-order valence-corrected chi connectivity index (χ4v) is 3.70. The number of carbonyl (C=O) groups is 1. The Hall–Kier alpha value is -1.98. The summed E-state index contributed by atoms with van der Waals surface area (Å²) in [7, 11) is 0. The van der Waals surface area contributed by atoms with E-state index in [2.05, 4.69) is 16.4 Å². The quantitative estimate of drug-likeness (QED) is 0.689. The van der Waals surface area contributed by atoms with Crippen molar-refractivity contribution in [2.24, 2.45) is 0 Å². The highest BCUT2D eigenvalue weighted by molar-refractivity contribution is 7.10. The zero-order valence-electron chi connectivity index (χ0n) is 12.2. The molecule has 1 amide bonds. The van der Waals surface area contributed by atoms with Crippen molar-refractivity contribution in [3.63, 3.8) is 0 Å². The molecule has 3 aromatic rings. The second kappa shape index (κ2) is 6.85. The van der Waals surface area contributed by atoms with E-state index in [9.17, 15) is 4.79 Å². The van der Waals surface area contributed by atoms with Gasteiger partial charge in [0.15, 0.2) is 0 Å². The molecule has 0 radical (unpaired) electrons. The first-order valence-corrected chi connectivity index (χ1v) is 8.84. The molecule has 22 heavy (non-hydrogen) atoms. The van der Waals surface area contributed by atoms with Crippen LogP contribution in [0.1, 0.15) is 23.3 Å². The summed E-state index contributed by atoms with van der Waals surface area (Å²) in [6, 6.07) is 9.84. The van der Waals surface area contributed by atoms with Gasteiger partial charge >= 0.3 is 0 Å². The monoisotopic (exact) mass is 328 g/mol. The number of aromatic nitrogens is 1. The van der Waals surface area contributed by atoms with Crippen LogP contribution in [0, 0.1) is 0 Å². The van der Waals surface area contributed by atoms with E-state index in [0.717, 1.165) is 16.1 Å². The first-order valence-electron chi connectivity index (χ1n) is 7.01. The molecule has 0 bridgehead atoms. The Morgan fingerprint density at radius 2 is 2.18 bits per heavy atom. The highest BCUT2D eigenvalue weighted by Gasteiger charge is 2.24. The average Bonchev–Trinajstić information content (AvgIpc) is 3.25. The van der Waals surface area contributed by atoms with Crippen LogP contribution in [0.3, 0.4) is 0 Å². The van der Waals surface area contributed by atoms with E-state index in [1.54, 1.807) is 35.1 Å². The van der Waals surface area contributed by atoms with Crippen LogP contribution in [-0.4, -0.2) is 10.9 Å². The molecule has 1 atom stereocenters. The molecule has 0 aliphatic carbocycles. The predicted octanol–water partition coefficient (Wildman–Crippen LogP) is 4.54. The molecule has 0 saturated carbocycles. The Labute approximate surface area is 137 Å². The van der Waals surface area contributed by atoms with Crippen LogP contribution in [0.2, 0.25) is 0 Å². The molecule has 0 spiro atoms. The van der Waals surface area contributed by atoms with Crippen molar-refractivity contribution in [3.05, 3.63) is 69.3 Å². The summed E-state index contributed by atoms with van der Waals surface area (Å²) in [5.74, 6) is -0.0551. The maximum absolute atomic E-state index is 13.0. The Morgan fingerprint density at radius 1 is 1.27 bits per heavy atom. The summed E-state index contributed by atoms with van der Waals surface area (Å²) in [6.45, 7) is 2.54. The second-order valence-corrected chi connectivity index (χ2v) is 6.76. The van der Waals surface area contributed by atoms with E-state index >= 15 is 0 Å². The molecule has 3 rings (SSSR count). The molecule has 0 aliphatic rings. The van der Waals surface area contributed by atoms with Crippen LogP contribution in [0.25, 0.3) is 0 Å². The number of thiophene rings is 2. The summed E-state index contributed by atoms with van der Waals surface area (Å²) < 4.78 is 0. The molecule has 0 N–H and O–H groups in total. The predicted molar refractivity (Wildman–Crippen MR) is 92.5 cm³/mol. The van der Waals surface area contributed by atoms with Gasteiger partial charge in [-0.2, -0.15) is 11.3 Å². The standard InChI is InChI=1S/C17H16N2OS2/c1-13(16-5-3-8-22-16)17(20)19(11-14-6-9-21-12-14)15-4-2-7-18-10-15/h2-10,12-13H,11H2,1H3. The maximum atomic E-state index is 13.0. The molecule has 3 aromatic heterocycles. The van der Waals surface area contributed by atoms with Crippen LogP contribution in [0.15, 0.2) is 58.9 Å². The van der Waals surface area contributed by atoms with Crippen molar-refractivity contribution in [2.45, 2.75) is 19.4 Å². The average molecular weight is 328 g/mol. The number of carbonyl (C=O) groups excluding carboxylic acids is 1. The van der Waals surface area contributed by atoms with Gasteiger partial charge in [-0.05, 0) is 52.9 Å². The first-order chi connectivity index (χ1) is 10.8. The zero-order valence-corrected chi connectivity index (χ0v) is 13.8. The number of rotatable bonds is 5. The van der Waals surface area contributed by atoms with Gasteiger partial charge in [-0.3, -0.25) is 9.78 Å². The molecule has 1 unspecified atom stereocenters. The largest absolute Gasteiger partial charge is 0.306 e. The maximum Gasteiger partial charge on any atom is 0.235 e. The number of amides is 1. The van der Waals surface area contributed by atoms with E-state index in [1.807, 2.05) is 46.8 Å². The van der Waals surface area contributed by atoms with Crippen LogP contribution in [0.4, 0.5) is 5.69 Å². The minimum absolute atomic E-state index is 0.0988. The lowest BCUT2D eigenvalue weighted by molar-refractivity contribution is -0.119. The zero-order chi connectivity index (χ0) is 15.4. The van der Waals surface area contributed by atoms with Crippen molar-refractivity contribution in [3.8, 4) is 0 Å². The summed E-state index contributed by atoms with van der Waals surface area (Å²) >= 11 is 3.26. The molecule has 0 saturated heterocycles. The molecule has 112 valence electrons. The smallest absolute Gasteiger partial charge is 0.235 e. The first kappa shape index (κ1) is 14.9. The van der Waals surface area contributed by atoms with E-state index < -0.39 is 0 Å². The van der Waals surface area contributed by atoms with E-state index in [-0.39, 0.29) is 11.8 Å². The lowest BCUT2D eigenvalue weighted by Gasteiger charge is -2.25. The van der Waals surface area contributed by atoms with Crippen LogP contribution >= 0.6 is 22.7 Å². The molecular weight excluding hydrogens is 312 g/mol. The van der Waals surface area contributed by atoms with Crippen molar-refractivity contribution >= 4 is 34.3 Å². The number of hydrogen-bond donors (Lipinski definition) is 0. The number of pyridine rings is 1. The number of hydrogen-bond acceptors (Lipinski definition) is 4. The van der Waals surface area contributed by atoms with Gasteiger partial charge in [0.2, 0.25) is 5.91 Å². The fraction of sp³-hybridized carbons (Fsp3) is 0.176. The highest BCUT2D eigenvalue weighted by Crippen LogP contribution is 2.27. The molecule has 3 nitrogen and oxygen atoms in total. The fourth-order valence-electron chi connectivity index (χ4n) is 2.27. The van der Waals surface area contributed by atoms with Crippen molar-refractivity contribution in [1.82, 2.24) is 4.98 Å². The van der Waals surface area contributed by atoms with Crippen molar-refractivity contribution in [2.75, 3.05) is 4.90 Å². The third-order valence-corrected chi connectivity index (χ3v) is 5.27. The van der Waals surface area contributed by atoms with Crippen LogP contribution < -0.4 is 4.90 Å². The van der Waals surface area contributed by atoms with Crippen LogP contribution in [-0.2, 0) is 11.3 Å². The van der Waals surface area contributed by atoms with Gasteiger partial charge in [-0.25, -0.2) is 0 Å². The third-order valence-electron chi connectivity index (χ3n) is 3.48. The lowest BCUT2D eigenvalue weighted by atomic mass is 10.1. The molecule has 0 aromatic carbocycles. The molecule has 5 heteroatoms. The lowest BCUT2D eigenvalue weighted by Crippen LogP contribution is -2.33. The Morgan fingerprint density at radius 3 is 2.82 bits per heavy atom. The molecule has 0 fully saturated rings. The second-order valence-electron chi connectivity index (χ2n) is 5.00. The van der Waals surface area contributed by atoms with Gasteiger partial charge in [0.1, 0.15) is 0 Å². The van der Waals surface area contributed by atoms with E-state index in [1.165, 1.54) is 0 Å². The minimum Gasteiger partial charge on any atom is -0.306 e. The van der Waals surface area contributed by atoms with Gasteiger partial charge in [0.25, 0.3) is 0 Å². The summed E-state index contributed by atoms with van der Waals surface area (Å²) in [6.07, 6.45) is 3.46. The van der Waals surface area contributed by atoms with Gasteiger partial charge in [0, 0.05) is 11.1 Å². The molecule has 0 aliphatic heterocycles. The SMILES string of the molecule is CC(C(=O)N(Cc1ccsc1)c1cccnc1)c1cccs1. The Kier molecular flexibility index (Phi) is 4.65. The third kappa shape index (κ3) is 3.26. The van der Waals surface area contributed by atoms with Crippen molar-refractivity contribution in [1.29, 1.82) is 0 Å². The molecular formula is C17H16N2OS2. The van der Waals surface area contributed by atoms with Gasteiger partial charge in [-0.1, -0.05) is 6.07 Å². The van der Waals surface area contributed by atoms with Gasteiger partial charge in [-0.15, -0.1) is 11.3 Å². The van der Waals surface area contributed by atoms with E-state index in [4.69, 9.17) is 0 Å². The van der Waals surface area contributed by atoms with E-state index in [0.29, 0.717) is 6.54 Å². The molecule has 3 heterocycles. The highest BCUT2D eigenvalue weighted by atomic mass is 32.1. The van der Waals surface area contributed by atoms with Gasteiger partial charge < -0.3 is 4.90 Å². The normalized spacial score (nSPS) is 12.0. The summed E-state index contributed by atoms with van der Waals surface area (Å²) in [4.78, 5) is 20.0.